The Morgan fingerprint density at radius 3 is 3.07 bits per heavy atom. The minimum atomic E-state index is 0.642. The Kier molecular flexibility index (Phi) is 3.50. The smallest absolute Gasteiger partial charge is 0.232 e. The van der Waals surface area contributed by atoms with Crippen molar-refractivity contribution in [3.05, 3.63) is 18.1 Å². The maximum atomic E-state index is 5.54. The number of aromatic nitrogens is 2. The average molecular weight is 207 g/mol. The largest absolute Gasteiger partial charge is 0.477 e. The molecule has 82 valence electrons. The summed E-state index contributed by atoms with van der Waals surface area (Å²) < 4.78 is 5.54. The Morgan fingerprint density at radius 2 is 2.33 bits per heavy atom. The summed E-state index contributed by atoms with van der Waals surface area (Å²) in [5.41, 5.74) is 0.918. The highest BCUT2D eigenvalue weighted by Crippen LogP contribution is 2.32. The standard InChI is InChI=1S/C11H17N3O/c1-12-6-10-7-13-8-11(14-10)15-5-4-9-2-3-9/h7-9,12H,2-6H2,1H3. The first kappa shape index (κ1) is 10.4. The first-order valence-corrected chi connectivity index (χ1v) is 5.47. The van der Waals surface area contributed by atoms with Crippen LogP contribution >= 0.6 is 0 Å². The van der Waals surface area contributed by atoms with Gasteiger partial charge in [0.1, 0.15) is 0 Å². The molecule has 4 heteroatoms. The van der Waals surface area contributed by atoms with Gasteiger partial charge in [-0.1, -0.05) is 12.8 Å². The molecule has 1 fully saturated rings. The predicted molar refractivity (Wildman–Crippen MR) is 57.6 cm³/mol. The fraction of sp³-hybridized carbons (Fsp3) is 0.636. The van der Waals surface area contributed by atoms with Crippen molar-refractivity contribution in [2.75, 3.05) is 13.7 Å². The number of nitrogens with zero attached hydrogens (tertiary/aromatic N) is 2. The lowest BCUT2D eigenvalue weighted by Gasteiger charge is -2.05. The molecule has 1 aliphatic rings. The van der Waals surface area contributed by atoms with Crippen LogP contribution in [-0.2, 0) is 6.54 Å². The van der Waals surface area contributed by atoms with Crippen molar-refractivity contribution in [1.29, 1.82) is 0 Å². The fourth-order valence-corrected chi connectivity index (χ4v) is 1.46. The van der Waals surface area contributed by atoms with Gasteiger partial charge in [-0.3, -0.25) is 4.98 Å². The molecule has 0 aromatic carbocycles. The van der Waals surface area contributed by atoms with Gasteiger partial charge in [-0.2, -0.15) is 0 Å². The van der Waals surface area contributed by atoms with Gasteiger partial charge in [0.25, 0.3) is 0 Å². The van der Waals surface area contributed by atoms with Crippen LogP contribution in [0, 0.1) is 5.92 Å². The third kappa shape index (κ3) is 3.47. The Morgan fingerprint density at radius 1 is 1.47 bits per heavy atom. The quantitative estimate of drug-likeness (QED) is 0.765. The van der Waals surface area contributed by atoms with Gasteiger partial charge in [-0.05, 0) is 19.4 Å². The highest BCUT2D eigenvalue weighted by molar-refractivity contribution is 5.08. The van der Waals surface area contributed by atoms with E-state index in [1.165, 1.54) is 12.8 Å². The van der Waals surface area contributed by atoms with Gasteiger partial charge in [0.2, 0.25) is 5.88 Å². The van der Waals surface area contributed by atoms with E-state index in [0.717, 1.165) is 31.2 Å². The van der Waals surface area contributed by atoms with Crippen molar-refractivity contribution in [3.8, 4) is 5.88 Å². The molecule has 0 spiro atoms. The summed E-state index contributed by atoms with van der Waals surface area (Å²) in [6, 6.07) is 0. The maximum absolute atomic E-state index is 5.54. The molecular formula is C11H17N3O. The number of hydrogen-bond acceptors (Lipinski definition) is 4. The van der Waals surface area contributed by atoms with Gasteiger partial charge in [-0.25, -0.2) is 4.98 Å². The molecule has 0 radical (unpaired) electrons. The minimum absolute atomic E-state index is 0.642. The first-order chi connectivity index (χ1) is 7.38. The molecule has 0 unspecified atom stereocenters. The monoisotopic (exact) mass is 207 g/mol. The molecule has 4 nitrogen and oxygen atoms in total. The van der Waals surface area contributed by atoms with Gasteiger partial charge in [0, 0.05) is 12.7 Å². The topological polar surface area (TPSA) is 47.0 Å². The van der Waals surface area contributed by atoms with E-state index in [1.807, 2.05) is 7.05 Å². The fourth-order valence-electron chi connectivity index (χ4n) is 1.46. The molecule has 15 heavy (non-hydrogen) atoms. The summed E-state index contributed by atoms with van der Waals surface area (Å²) >= 11 is 0. The Hall–Kier alpha value is -1.16. The van der Waals surface area contributed by atoms with E-state index < -0.39 is 0 Å². The molecule has 1 N–H and O–H groups in total. The Balaban J connectivity index is 1.80. The zero-order valence-corrected chi connectivity index (χ0v) is 9.07. The Bertz CT molecular complexity index is 312. The second-order valence-electron chi connectivity index (χ2n) is 3.96. The zero-order valence-electron chi connectivity index (χ0n) is 9.07. The average Bonchev–Trinajstić information content (AvgIpc) is 3.03. The predicted octanol–water partition coefficient (Wildman–Crippen LogP) is 1.37. The van der Waals surface area contributed by atoms with Crippen molar-refractivity contribution in [3.63, 3.8) is 0 Å². The number of rotatable bonds is 6. The second kappa shape index (κ2) is 5.07. The van der Waals surface area contributed by atoms with E-state index in [0.29, 0.717) is 5.88 Å². The summed E-state index contributed by atoms with van der Waals surface area (Å²) in [7, 11) is 1.89. The van der Waals surface area contributed by atoms with E-state index in [1.54, 1.807) is 12.4 Å². The van der Waals surface area contributed by atoms with Crippen molar-refractivity contribution in [2.45, 2.75) is 25.8 Å². The van der Waals surface area contributed by atoms with Crippen LogP contribution in [-0.4, -0.2) is 23.6 Å². The van der Waals surface area contributed by atoms with Crippen molar-refractivity contribution < 1.29 is 4.74 Å². The summed E-state index contributed by atoms with van der Waals surface area (Å²) in [6.45, 7) is 1.50. The van der Waals surface area contributed by atoms with Gasteiger partial charge in [-0.15, -0.1) is 0 Å². The number of nitrogens with one attached hydrogen (secondary N) is 1. The number of hydrogen-bond donors (Lipinski definition) is 1. The second-order valence-corrected chi connectivity index (χ2v) is 3.96. The summed E-state index contributed by atoms with van der Waals surface area (Å²) in [5.74, 6) is 1.54. The van der Waals surface area contributed by atoms with E-state index >= 15 is 0 Å². The summed E-state index contributed by atoms with van der Waals surface area (Å²) in [4.78, 5) is 8.42. The lowest BCUT2D eigenvalue weighted by atomic mass is 10.3. The van der Waals surface area contributed by atoms with Gasteiger partial charge in [0.15, 0.2) is 0 Å². The molecule has 1 heterocycles. The minimum Gasteiger partial charge on any atom is -0.477 e. The van der Waals surface area contributed by atoms with Crippen LogP contribution in [0.25, 0.3) is 0 Å². The van der Waals surface area contributed by atoms with Crippen LogP contribution in [0.1, 0.15) is 25.0 Å². The van der Waals surface area contributed by atoms with Crippen LogP contribution in [0.4, 0.5) is 0 Å². The molecule has 1 saturated carbocycles. The van der Waals surface area contributed by atoms with Gasteiger partial charge < -0.3 is 10.1 Å². The van der Waals surface area contributed by atoms with Gasteiger partial charge >= 0.3 is 0 Å². The van der Waals surface area contributed by atoms with Crippen LogP contribution in [0.15, 0.2) is 12.4 Å². The zero-order chi connectivity index (χ0) is 10.5. The first-order valence-electron chi connectivity index (χ1n) is 5.47. The van der Waals surface area contributed by atoms with Crippen molar-refractivity contribution >= 4 is 0 Å². The maximum Gasteiger partial charge on any atom is 0.232 e. The van der Waals surface area contributed by atoms with E-state index in [-0.39, 0.29) is 0 Å². The summed E-state index contributed by atoms with van der Waals surface area (Å²) in [5, 5.41) is 3.04. The molecule has 1 aliphatic carbocycles. The SMILES string of the molecule is CNCc1cncc(OCCC2CC2)n1. The Labute approximate surface area is 90.1 Å². The lowest BCUT2D eigenvalue weighted by molar-refractivity contribution is 0.289. The van der Waals surface area contributed by atoms with Crippen molar-refractivity contribution in [2.24, 2.45) is 5.92 Å². The highest BCUT2D eigenvalue weighted by atomic mass is 16.5. The highest BCUT2D eigenvalue weighted by Gasteiger charge is 2.20. The van der Waals surface area contributed by atoms with Gasteiger partial charge in [0.05, 0.1) is 18.5 Å². The molecule has 0 amide bonds. The molecule has 1 aromatic heterocycles. The lowest BCUT2D eigenvalue weighted by Crippen LogP contribution is -2.08. The molecule has 0 atom stereocenters. The molecule has 0 aliphatic heterocycles. The third-order valence-corrected chi connectivity index (χ3v) is 2.49. The van der Waals surface area contributed by atoms with Crippen molar-refractivity contribution in [1.82, 2.24) is 15.3 Å². The van der Waals surface area contributed by atoms with E-state index in [2.05, 4.69) is 15.3 Å². The van der Waals surface area contributed by atoms with Crippen LogP contribution in [0.5, 0.6) is 5.88 Å². The van der Waals surface area contributed by atoms with E-state index in [9.17, 15) is 0 Å². The summed E-state index contributed by atoms with van der Waals surface area (Å²) in [6.07, 6.45) is 7.32. The molecule has 0 bridgehead atoms. The molecule has 1 aromatic rings. The molecule has 0 saturated heterocycles. The normalized spacial score (nSPS) is 15.3. The third-order valence-electron chi connectivity index (χ3n) is 2.49. The molecule has 2 rings (SSSR count). The van der Waals surface area contributed by atoms with Crippen LogP contribution in [0.3, 0.4) is 0 Å². The van der Waals surface area contributed by atoms with Crippen LogP contribution in [0.2, 0.25) is 0 Å². The van der Waals surface area contributed by atoms with E-state index in [4.69, 9.17) is 4.74 Å². The molecular weight excluding hydrogens is 190 g/mol. The van der Waals surface area contributed by atoms with Crippen LogP contribution < -0.4 is 10.1 Å². The number of ether oxygens (including phenoxy) is 1.